The maximum absolute atomic E-state index is 13.5. The molecule has 0 heterocycles. The largest absolute Gasteiger partial charge is 0.465 e. The molecule has 0 amide bonds. The minimum atomic E-state index is -4.34. The van der Waals surface area contributed by atoms with Gasteiger partial charge in [0.15, 0.2) is 11.6 Å². The number of carbonyl (C=O) groups is 1. The number of benzene rings is 2. The van der Waals surface area contributed by atoms with Gasteiger partial charge in [0.05, 0.1) is 12.7 Å². The van der Waals surface area contributed by atoms with E-state index in [1.165, 1.54) is 26.2 Å². The predicted octanol–water partition coefficient (Wildman–Crippen LogP) is 2.83. The van der Waals surface area contributed by atoms with Crippen LogP contribution in [-0.4, -0.2) is 21.5 Å². The molecule has 5 nitrogen and oxygen atoms in total. The molecule has 122 valence electrons. The van der Waals surface area contributed by atoms with E-state index in [1.54, 1.807) is 0 Å². The number of aryl methyl sites for hydroxylation is 1. The summed E-state index contributed by atoms with van der Waals surface area (Å²) in [7, 11) is -3.15. The van der Waals surface area contributed by atoms with E-state index in [9.17, 15) is 22.0 Å². The summed E-state index contributed by atoms with van der Waals surface area (Å²) in [6.45, 7) is 1.45. The summed E-state index contributed by atoms with van der Waals surface area (Å²) < 4.78 is 60.0. The van der Waals surface area contributed by atoms with E-state index in [0.29, 0.717) is 6.07 Å². The summed E-state index contributed by atoms with van der Waals surface area (Å²) in [5, 5.41) is 0. The molecular formula is C15H12F2O5S. The van der Waals surface area contributed by atoms with Crippen LogP contribution in [0.3, 0.4) is 0 Å². The Morgan fingerprint density at radius 1 is 1.09 bits per heavy atom. The van der Waals surface area contributed by atoms with Gasteiger partial charge in [-0.2, -0.15) is 8.42 Å². The van der Waals surface area contributed by atoms with E-state index in [4.69, 9.17) is 4.18 Å². The molecule has 0 fully saturated rings. The van der Waals surface area contributed by atoms with Gasteiger partial charge < -0.3 is 8.92 Å². The smallest absolute Gasteiger partial charge is 0.339 e. The minimum absolute atomic E-state index is 0.164. The Hall–Kier alpha value is -2.48. The Labute approximate surface area is 131 Å². The topological polar surface area (TPSA) is 69.7 Å². The van der Waals surface area contributed by atoms with Crippen LogP contribution in [0.15, 0.2) is 41.3 Å². The van der Waals surface area contributed by atoms with Gasteiger partial charge in [-0.25, -0.2) is 13.6 Å². The molecule has 0 aliphatic rings. The molecule has 0 aromatic heterocycles. The average molecular weight is 342 g/mol. The maximum atomic E-state index is 13.5. The molecule has 23 heavy (non-hydrogen) atoms. The van der Waals surface area contributed by atoms with Crippen LogP contribution in [0.2, 0.25) is 0 Å². The number of hydrogen-bond acceptors (Lipinski definition) is 5. The molecule has 0 aliphatic heterocycles. The molecule has 8 heteroatoms. The average Bonchev–Trinajstić information content (AvgIpc) is 2.48. The molecule has 0 aliphatic carbocycles. The number of methoxy groups -OCH3 is 1. The standard InChI is InChI=1S/C15H12F2O5S/c1-9-7-10(15(18)21-2)3-6-14(9)23(19,20)22-13-5-4-11(16)8-12(13)17/h3-8H,1-2H3. The summed E-state index contributed by atoms with van der Waals surface area (Å²) in [6.07, 6.45) is 0. The van der Waals surface area contributed by atoms with Crippen LogP contribution in [0.25, 0.3) is 0 Å². The molecule has 0 N–H and O–H groups in total. The van der Waals surface area contributed by atoms with Crippen LogP contribution in [0.4, 0.5) is 8.78 Å². The maximum Gasteiger partial charge on any atom is 0.339 e. The van der Waals surface area contributed by atoms with Gasteiger partial charge in [-0.1, -0.05) is 0 Å². The second-order valence-electron chi connectivity index (χ2n) is 4.58. The molecule has 2 aromatic carbocycles. The van der Waals surface area contributed by atoms with Crippen molar-refractivity contribution in [2.45, 2.75) is 11.8 Å². The Morgan fingerprint density at radius 3 is 2.35 bits per heavy atom. The molecule has 0 bridgehead atoms. The van der Waals surface area contributed by atoms with Gasteiger partial charge >= 0.3 is 16.1 Å². The third-order valence-corrected chi connectivity index (χ3v) is 4.35. The summed E-state index contributed by atoms with van der Waals surface area (Å²) in [6, 6.07) is 5.97. The molecule has 0 radical (unpaired) electrons. The lowest BCUT2D eigenvalue weighted by Gasteiger charge is -2.11. The van der Waals surface area contributed by atoms with E-state index in [1.807, 2.05) is 0 Å². The van der Waals surface area contributed by atoms with E-state index < -0.39 is 33.5 Å². The van der Waals surface area contributed by atoms with E-state index >= 15 is 0 Å². The van der Waals surface area contributed by atoms with Crippen LogP contribution in [0.5, 0.6) is 5.75 Å². The number of esters is 1. The predicted molar refractivity (Wildman–Crippen MR) is 76.7 cm³/mol. The Morgan fingerprint density at radius 2 is 1.78 bits per heavy atom. The molecule has 0 spiro atoms. The first kappa shape index (κ1) is 16.9. The zero-order chi connectivity index (χ0) is 17.2. The molecule has 0 atom stereocenters. The molecule has 2 rings (SSSR count). The Kier molecular flexibility index (Phi) is 4.65. The zero-order valence-corrected chi connectivity index (χ0v) is 13.0. The van der Waals surface area contributed by atoms with Crippen molar-refractivity contribution in [1.82, 2.24) is 0 Å². The third-order valence-electron chi connectivity index (χ3n) is 2.96. The van der Waals surface area contributed by atoms with Crippen molar-refractivity contribution in [1.29, 1.82) is 0 Å². The second kappa shape index (κ2) is 6.33. The second-order valence-corrected chi connectivity index (χ2v) is 6.10. The molecular weight excluding hydrogens is 330 g/mol. The first-order chi connectivity index (χ1) is 10.7. The van der Waals surface area contributed by atoms with Crippen LogP contribution in [0.1, 0.15) is 15.9 Å². The van der Waals surface area contributed by atoms with Gasteiger partial charge in [0.25, 0.3) is 0 Å². The van der Waals surface area contributed by atoms with Gasteiger partial charge in [0.1, 0.15) is 10.7 Å². The molecule has 0 unspecified atom stereocenters. The normalized spacial score (nSPS) is 11.1. The van der Waals surface area contributed by atoms with Crippen LogP contribution >= 0.6 is 0 Å². The van der Waals surface area contributed by atoms with Gasteiger partial charge in [0.2, 0.25) is 0 Å². The van der Waals surface area contributed by atoms with E-state index in [-0.39, 0.29) is 16.0 Å². The fourth-order valence-corrected chi connectivity index (χ4v) is 3.03. The Bertz CT molecular complexity index is 862. The fourth-order valence-electron chi connectivity index (χ4n) is 1.88. The Balaban J connectivity index is 2.38. The van der Waals surface area contributed by atoms with Gasteiger partial charge in [-0.3, -0.25) is 0 Å². The number of hydrogen-bond donors (Lipinski definition) is 0. The fraction of sp³-hybridized carbons (Fsp3) is 0.133. The van der Waals surface area contributed by atoms with Gasteiger partial charge in [-0.15, -0.1) is 0 Å². The molecule has 0 saturated carbocycles. The summed E-state index contributed by atoms with van der Waals surface area (Å²) in [4.78, 5) is 11.2. The quantitative estimate of drug-likeness (QED) is 0.631. The van der Waals surface area contributed by atoms with Crippen molar-refractivity contribution in [3.8, 4) is 5.75 Å². The van der Waals surface area contributed by atoms with Crippen LogP contribution in [-0.2, 0) is 14.9 Å². The molecule has 0 saturated heterocycles. The van der Waals surface area contributed by atoms with E-state index in [2.05, 4.69) is 4.74 Å². The van der Waals surface area contributed by atoms with Crippen molar-refractivity contribution in [3.63, 3.8) is 0 Å². The first-order valence-electron chi connectivity index (χ1n) is 6.33. The first-order valence-corrected chi connectivity index (χ1v) is 7.74. The van der Waals surface area contributed by atoms with Crippen molar-refractivity contribution in [2.75, 3.05) is 7.11 Å². The minimum Gasteiger partial charge on any atom is -0.465 e. The van der Waals surface area contributed by atoms with Gasteiger partial charge in [-0.05, 0) is 42.8 Å². The third kappa shape index (κ3) is 3.65. The highest BCUT2D eigenvalue weighted by molar-refractivity contribution is 7.87. The summed E-state index contributed by atoms with van der Waals surface area (Å²) in [5.74, 6) is -3.24. The summed E-state index contributed by atoms with van der Waals surface area (Å²) in [5.41, 5.74) is 0.382. The summed E-state index contributed by atoms with van der Waals surface area (Å²) >= 11 is 0. The lowest BCUT2D eigenvalue weighted by Crippen LogP contribution is -2.13. The zero-order valence-electron chi connectivity index (χ0n) is 12.2. The highest BCUT2D eigenvalue weighted by Gasteiger charge is 2.22. The number of ether oxygens (including phenoxy) is 1. The SMILES string of the molecule is COC(=O)c1ccc(S(=O)(=O)Oc2ccc(F)cc2F)c(C)c1. The van der Waals surface area contributed by atoms with Crippen molar-refractivity contribution in [2.24, 2.45) is 0 Å². The number of halogens is 2. The van der Waals surface area contributed by atoms with Crippen molar-refractivity contribution < 1.29 is 30.9 Å². The van der Waals surface area contributed by atoms with Crippen molar-refractivity contribution >= 4 is 16.1 Å². The lowest BCUT2D eigenvalue weighted by atomic mass is 10.1. The highest BCUT2D eigenvalue weighted by atomic mass is 32.2. The lowest BCUT2D eigenvalue weighted by molar-refractivity contribution is 0.0600. The highest BCUT2D eigenvalue weighted by Crippen LogP contribution is 2.25. The number of carbonyl (C=O) groups excluding carboxylic acids is 1. The molecule has 2 aromatic rings. The van der Waals surface area contributed by atoms with Crippen LogP contribution < -0.4 is 4.18 Å². The number of rotatable bonds is 4. The van der Waals surface area contributed by atoms with Gasteiger partial charge in [0, 0.05) is 6.07 Å². The van der Waals surface area contributed by atoms with E-state index in [0.717, 1.165) is 18.2 Å². The monoisotopic (exact) mass is 342 g/mol. The van der Waals surface area contributed by atoms with Crippen LogP contribution in [0, 0.1) is 18.6 Å². The van der Waals surface area contributed by atoms with Crippen molar-refractivity contribution in [3.05, 3.63) is 59.2 Å².